The van der Waals surface area contributed by atoms with Crippen LogP contribution in [0.2, 0.25) is 0 Å². The summed E-state index contributed by atoms with van der Waals surface area (Å²) in [5, 5.41) is 2.89. The van der Waals surface area contributed by atoms with E-state index in [2.05, 4.69) is 5.32 Å². The predicted molar refractivity (Wildman–Crippen MR) is 105 cm³/mol. The number of nitrogens with one attached hydrogen (secondary N) is 1. The highest BCUT2D eigenvalue weighted by Gasteiger charge is 2.40. The number of rotatable bonds is 7. The standard InChI is InChI=1S/C18H28N2O4S2/c1-6-14(5)19-18(21)16-10-25-11-20(16)26(22,23)15-7-8-17(13(4)9-15)24-12(2)3/h7-9,12,14,16H,6,10-11H2,1-5H3,(H,19,21). The van der Waals surface area contributed by atoms with Crippen LogP contribution < -0.4 is 10.1 Å². The molecule has 0 radical (unpaired) electrons. The van der Waals surface area contributed by atoms with Crippen LogP contribution in [0.1, 0.15) is 39.7 Å². The normalized spacial score (nSPS) is 19.5. The van der Waals surface area contributed by atoms with Crippen LogP contribution in [0.3, 0.4) is 0 Å². The van der Waals surface area contributed by atoms with Gasteiger partial charge in [-0.05, 0) is 57.9 Å². The molecular formula is C18H28N2O4S2. The molecule has 146 valence electrons. The molecule has 2 unspecified atom stereocenters. The number of aryl methyl sites for hydroxylation is 1. The Morgan fingerprint density at radius 3 is 2.65 bits per heavy atom. The zero-order valence-corrected chi connectivity index (χ0v) is 17.6. The highest BCUT2D eigenvalue weighted by atomic mass is 32.2. The summed E-state index contributed by atoms with van der Waals surface area (Å²) >= 11 is 1.45. The molecule has 1 aliphatic heterocycles. The second-order valence-corrected chi connectivity index (χ2v) is 9.71. The third kappa shape index (κ3) is 4.72. The van der Waals surface area contributed by atoms with Crippen LogP contribution >= 0.6 is 11.8 Å². The number of nitrogens with zero attached hydrogens (tertiary/aromatic N) is 1. The molecule has 2 atom stereocenters. The van der Waals surface area contributed by atoms with Crippen molar-refractivity contribution in [3.8, 4) is 5.75 Å². The number of thioether (sulfide) groups is 1. The van der Waals surface area contributed by atoms with E-state index >= 15 is 0 Å². The molecule has 6 nitrogen and oxygen atoms in total. The lowest BCUT2D eigenvalue weighted by atomic mass is 10.2. The first kappa shape index (κ1) is 21.1. The first-order valence-electron chi connectivity index (χ1n) is 8.84. The van der Waals surface area contributed by atoms with E-state index in [0.29, 0.717) is 11.5 Å². The Labute approximate surface area is 160 Å². The van der Waals surface area contributed by atoms with Crippen LogP contribution in [0, 0.1) is 6.92 Å². The number of carbonyl (C=O) groups excluding carboxylic acids is 1. The summed E-state index contributed by atoms with van der Waals surface area (Å²) < 4.78 is 33.1. The minimum Gasteiger partial charge on any atom is -0.491 e. The summed E-state index contributed by atoms with van der Waals surface area (Å²) in [6, 6.07) is 4.18. The average Bonchev–Trinajstić information content (AvgIpc) is 3.06. The van der Waals surface area contributed by atoms with Gasteiger partial charge in [0.25, 0.3) is 0 Å². The molecule has 8 heteroatoms. The van der Waals surface area contributed by atoms with E-state index in [4.69, 9.17) is 4.74 Å². The van der Waals surface area contributed by atoms with Gasteiger partial charge in [0.05, 0.1) is 16.9 Å². The smallest absolute Gasteiger partial charge is 0.244 e. The van der Waals surface area contributed by atoms with Crippen LogP contribution in [0.4, 0.5) is 0 Å². The van der Waals surface area contributed by atoms with Gasteiger partial charge in [0.2, 0.25) is 15.9 Å². The minimum absolute atomic E-state index is 0.0137. The summed E-state index contributed by atoms with van der Waals surface area (Å²) in [5.74, 6) is 1.18. The predicted octanol–water partition coefficient (Wildman–Crippen LogP) is 2.76. The van der Waals surface area contributed by atoms with E-state index in [1.54, 1.807) is 18.2 Å². The van der Waals surface area contributed by atoms with Gasteiger partial charge in [-0.3, -0.25) is 4.79 Å². The molecule has 2 rings (SSSR count). The second kappa shape index (κ2) is 8.63. The van der Waals surface area contributed by atoms with E-state index in [1.165, 1.54) is 16.1 Å². The van der Waals surface area contributed by atoms with Crippen LogP contribution in [0.5, 0.6) is 5.75 Å². The van der Waals surface area contributed by atoms with Crippen molar-refractivity contribution in [2.45, 2.75) is 64.1 Å². The van der Waals surface area contributed by atoms with Crippen molar-refractivity contribution in [3.05, 3.63) is 23.8 Å². The summed E-state index contributed by atoms with van der Waals surface area (Å²) in [5.41, 5.74) is 0.757. The van der Waals surface area contributed by atoms with Crippen molar-refractivity contribution in [1.29, 1.82) is 0 Å². The number of ether oxygens (including phenoxy) is 1. The minimum atomic E-state index is -3.75. The van der Waals surface area contributed by atoms with Gasteiger partial charge in [-0.25, -0.2) is 8.42 Å². The Morgan fingerprint density at radius 2 is 2.08 bits per heavy atom. The molecule has 0 bridgehead atoms. The summed E-state index contributed by atoms with van der Waals surface area (Å²) in [6.45, 7) is 9.56. The number of benzene rings is 1. The molecule has 0 aromatic heterocycles. The Hall–Kier alpha value is -1.25. The van der Waals surface area contributed by atoms with Crippen LogP contribution in [0.15, 0.2) is 23.1 Å². The Kier molecular flexibility index (Phi) is 6.99. The Morgan fingerprint density at radius 1 is 1.38 bits per heavy atom. The topological polar surface area (TPSA) is 75.7 Å². The number of hydrogen-bond acceptors (Lipinski definition) is 5. The molecule has 1 aliphatic rings. The number of hydrogen-bond donors (Lipinski definition) is 1. The van der Waals surface area contributed by atoms with E-state index in [0.717, 1.165) is 12.0 Å². The van der Waals surface area contributed by atoms with Crippen molar-refractivity contribution in [2.75, 3.05) is 11.6 Å². The Balaban J connectivity index is 2.25. The largest absolute Gasteiger partial charge is 0.491 e. The van der Waals surface area contributed by atoms with Crippen molar-refractivity contribution >= 4 is 27.7 Å². The quantitative estimate of drug-likeness (QED) is 0.762. The fourth-order valence-corrected chi connectivity index (χ4v) is 5.85. The summed E-state index contributed by atoms with van der Waals surface area (Å²) in [6.07, 6.45) is 0.814. The van der Waals surface area contributed by atoms with Gasteiger partial charge in [-0.15, -0.1) is 11.8 Å². The average molecular weight is 401 g/mol. The highest BCUT2D eigenvalue weighted by Crippen LogP contribution is 2.31. The highest BCUT2D eigenvalue weighted by molar-refractivity contribution is 8.00. The molecule has 0 saturated carbocycles. The Bertz CT molecular complexity index is 750. The monoisotopic (exact) mass is 400 g/mol. The van der Waals surface area contributed by atoms with E-state index < -0.39 is 16.1 Å². The van der Waals surface area contributed by atoms with Crippen LogP contribution in [0.25, 0.3) is 0 Å². The van der Waals surface area contributed by atoms with Crippen LogP contribution in [-0.4, -0.2) is 48.4 Å². The van der Waals surface area contributed by atoms with E-state index in [9.17, 15) is 13.2 Å². The molecule has 1 saturated heterocycles. The molecule has 1 aromatic carbocycles. The van der Waals surface area contributed by atoms with E-state index in [1.807, 2.05) is 34.6 Å². The zero-order chi connectivity index (χ0) is 19.5. The maximum Gasteiger partial charge on any atom is 0.244 e. The lowest BCUT2D eigenvalue weighted by Gasteiger charge is -2.24. The first-order chi connectivity index (χ1) is 12.2. The third-order valence-electron chi connectivity index (χ3n) is 4.26. The number of carbonyl (C=O) groups is 1. The van der Waals surface area contributed by atoms with Gasteiger partial charge >= 0.3 is 0 Å². The molecule has 26 heavy (non-hydrogen) atoms. The van der Waals surface area contributed by atoms with Crippen molar-refractivity contribution < 1.29 is 17.9 Å². The molecule has 0 aliphatic carbocycles. The van der Waals surface area contributed by atoms with Gasteiger partial charge in [-0.1, -0.05) is 6.92 Å². The summed E-state index contributed by atoms with van der Waals surface area (Å²) in [4.78, 5) is 12.7. The van der Waals surface area contributed by atoms with Crippen molar-refractivity contribution in [1.82, 2.24) is 9.62 Å². The number of amides is 1. The zero-order valence-electron chi connectivity index (χ0n) is 16.0. The SMILES string of the molecule is CCC(C)NC(=O)C1CSCN1S(=O)(=O)c1ccc(OC(C)C)c(C)c1. The third-order valence-corrected chi connectivity index (χ3v) is 7.29. The first-order valence-corrected chi connectivity index (χ1v) is 11.4. The van der Waals surface area contributed by atoms with Gasteiger partial charge in [0, 0.05) is 11.8 Å². The molecule has 1 heterocycles. The van der Waals surface area contributed by atoms with Crippen molar-refractivity contribution in [2.24, 2.45) is 0 Å². The molecule has 1 aromatic rings. The maximum absolute atomic E-state index is 13.1. The van der Waals surface area contributed by atoms with Crippen LogP contribution in [-0.2, 0) is 14.8 Å². The fraction of sp³-hybridized carbons (Fsp3) is 0.611. The van der Waals surface area contributed by atoms with Crippen molar-refractivity contribution in [3.63, 3.8) is 0 Å². The lowest BCUT2D eigenvalue weighted by Crippen LogP contribution is -2.49. The molecular weight excluding hydrogens is 372 g/mol. The lowest BCUT2D eigenvalue weighted by molar-refractivity contribution is -0.124. The van der Waals surface area contributed by atoms with Gasteiger partial charge in [0.1, 0.15) is 11.8 Å². The molecule has 1 amide bonds. The number of sulfonamides is 1. The molecule has 1 N–H and O–H groups in total. The fourth-order valence-electron chi connectivity index (χ4n) is 2.62. The second-order valence-electron chi connectivity index (χ2n) is 6.82. The van der Waals surface area contributed by atoms with Gasteiger partial charge in [-0.2, -0.15) is 4.31 Å². The molecule has 0 spiro atoms. The summed E-state index contributed by atoms with van der Waals surface area (Å²) in [7, 11) is -3.75. The maximum atomic E-state index is 13.1. The van der Waals surface area contributed by atoms with Gasteiger partial charge < -0.3 is 10.1 Å². The molecule has 1 fully saturated rings. The van der Waals surface area contributed by atoms with E-state index in [-0.39, 0.29) is 28.8 Å². The van der Waals surface area contributed by atoms with Gasteiger partial charge in [0.15, 0.2) is 0 Å².